The van der Waals surface area contributed by atoms with Crippen molar-refractivity contribution in [1.29, 1.82) is 0 Å². The Bertz CT molecular complexity index is 1090. The van der Waals surface area contributed by atoms with Gasteiger partial charge in [-0.1, -0.05) is 17.4 Å². The van der Waals surface area contributed by atoms with E-state index in [2.05, 4.69) is 34.0 Å². The zero-order chi connectivity index (χ0) is 21.5. The van der Waals surface area contributed by atoms with E-state index in [-0.39, 0.29) is 12.3 Å². The number of benzene rings is 2. The Hall–Kier alpha value is -2.29. The minimum absolute atomic E-state index is 0.191. The fourth-order valence-electron chi connectivity index (χ4n) is 3.09. The van der Waals surface area contributed by atoms with Gasteiger partial charge < -0.3 is 18.8 Å². The molecule has 0 spiro atoms. The molecular weight excluding hydrogens is 420 g/mol. The first kappa shape index (κ1) is 22.4. The van der Waals surface area contributed by atoms with Gasteiger partial charge in [-0.15, -0.1) is 11.8 Å². The van der Waals surface area contributed by atoms with Crippen LogP contribution in [-0.4, -0.2) is 44.2 Å². The van der Waals surface area contributed by atoms with E-state index >= 15 is 0 Å². The second kappa shape index (κ2) is 10.7. The molecule has 0 aliphatic heterocycles. The maximum absolute atomic E-state index is 12.7. The third kappa shape index (κ3) is 5.24. The van der Waals surface area contributed by atoms with Crippen LogP contribution < -0.4 is 14.3 Å². The van der Waals surface area contributed by atoms with Gasteiger partial charge in [0, 0.05) is 18.0 Å². The molecule has 0 saturated carbocycles. The Kier molecular flexibility index (Phi) is 7.95. The van der Waals surface area contributed by atoms with Gasteiger partial charge in [-0.2, -0.15) is 4.99 Å². The second-order valence-electron chi connectivity index (χ2n) is 6.44. The fourth-order valence-corrected chi connectivity index (χ4v) is 4.72. The van der Waals surface area contributed by atoms with Crippen molar-refractivity contribution in [2.24, 2.45) is 4.99 Å². The predicted molar refractivity (Wildman–Crippen MR) is 122 cm³/mol. The molecule has 0 saturated heterocycles. The summed E-state index contributed by atoms with van der Waals surface area (Å²) in [6.45, 7) is 3.85. The molecule has 1 heterocycles. The van der Waals surface area contributed by atoms with E-state index in [1.54, 1.807) is 32.0 Å². The number of methoxy groups -OCH3 is 2. The van der Waals surface area contributed by atoms with Crippen LogP contribution in [-0.2, 0) is 22.5 Å². The van der Waals surface area contributed by atoms with E-state index in [0.29, 0.717) is 36.1 Å². The molecule has 2 aromatic carbocycles. The Morgan fingerprint density at radius 2 is 1.93 bits per heavy atom. The van der Waals surface area contributed by atoms with Crippen LogP contribution in [0, 0.1) is 0 Å². The SMILES string of the molecule is CCOCCn1c(=NC(=O)Cc2ccc(OC)c(OC)c2)sc2cc(SC)ccc21. The summed E-state index contributed by atoms with van der Waals surface area (Å²) in [5.74, 6) is 1.03. The maximum atomic E-state index is 12.7. The van der Waals surface area contributed by atoms with Crippen molar-refractivity contribution in [3.05, 3.63) is 46.8 Å². The number of thiazole rings is 1. The summed E-state index contributed by atoms with van der Waals surface area (Å²) in [4.78, 5) is 19.0. The topological polar surface area (TPSA) is 62.1 Å². The van der Waals surface area contributed by atoms with Crippen LogP contribution in [0.25, 0.3) is 10.2 Å². The Balaban J connectivity index is 1.93. The van der Waals surface area contributed by atoms with E-state index in [4.69, 9.17) is 14.2 Å². The Morgan fingerprint density at radius 1 is 1.13 bits per heavy atom. The van der Waals surface area contributed by atoms with Gasteiger partial charge in [-0.25, -0.2) is 0 Å². The first-order chi connectivity index (χ1) is 14.6. The lowest BCUT2D eigenvalue weighted by Crippen LogP contribution is -2.20. The lowest BCUT2D eigenvalue weighted by Gasteiger charge is -2.08. The molecule has 160 valence electrons. The number of fused-ring (bicyclic) bond motifs is 1. The molecule has 0 atom stereocenters. The molecule has 0 N–H and O–H groups in total. The molecular formula is C22H26N2O4S2. The molecule has 30 heavy (non-hydrogen) atoms. The van der Waals surface area contributed by atoms with Gasteiger partial charge in [0.2, 0.25) is 0 Å². The Labute approximate surface area is 184 Å². The smallest absolute Gasteiger partial charge is 0.252 e. The van der Waals surface area contributed by atoms with Gasteiger partial charge in [-0.05, 0) is 49.1 Å². The molecule has 3 rings (SSSR count). The molecule has 3 aromatic rings. The van der Waals surface area contributed by atoms with Gasteiger partial charge in [0.25, 0.3) is 5.91 Å². The highest BCUT2D eigenvalue weighted by atomic mass is 32.2. The van der Waals surface area contributed by atoms with Crippen LogP contribution in [0.5, 0.6) is 11.5 Å². The number of nitrogens with zero attached hydrogens (tertiary/aromatic N) is 2. The average Bonchev–Trinajstić information content (AvgIpc) is 3.09. The lowest BCUT2D eigenvalue weighted by atomic mass is 10.1. The highest BCUT2D eigenvalue weighted by Gasteiger charge is 2.11. The summed E-state index contributed by atoms with van der Waals surface area (Å²) in [5, 5.41) is 0. The number of rotatable bonds is 9. The fraction of sp³-hybridized carbons (Fsp3) is 0.364. The predicted octanol–water partition coefficient (Wildman–Crippen LogP) is 4.15. The highest BCUT2D eigenvalue weighted by molar-refractivity contribution is 7.98. The minimum atomic E-state index is -0.205. The standard InChI is InChI=1S/C22H26N2O4S2/c1-5-28-11-10-24-17-8-7-16(29-4)14-20(17)30-22(24)23-21(25)13-15-6-9-18(26-2)19(12-15)27-3/h6-9,12,14H,5,10-11,13H2,1-4H3. The average molecular weight is 447 g/mol. The van der Waals surface area contributed by atoms with Crippen LogP contribution >= 0.6 is 23.1 Å². The summed E-state index contributed by atoms with van der Waals surface area (Å²) < 4.78 is 19.3. The molecule has 1 amide bonds. The van der Waals surface area contributed by atoms with Crippen LogP contribution in [0.15, 0.2) is 46.3 Å². The van der Waals surface area contributed by atoms with Crippen molar-refractivity contribution >= 4 is 39.2 Å². The molecule has 0 fully saturated rings. The summed E-state index contributed by atoms with van der Waals surface area (Å²) in [5.41, 5.74) is 1.89. The summed E-state index contributed by atoms with van der Waals surface area (Å²) in [7, 11) is 3.16. The second-order valence-corrected chi connectivity index (χ2v) is 8.33. The van der Waals surface area contributed by atoms with Gasteiger partial charge in [0.1, 0.15) is 0 Å². The van der Waals surface area contributed by atoms with E-state index in [0.717, 1.165) is 15.8 Å². The van der Waals surface area contributed by atoms with E-state index in [1.807, 2.05) is 19.1 Å². The van der Waals surface area contributed by atoms with Crippen molar-refractivity contribution in [3.63, 3.8) is 0 Å². The van der Waals surface area contributed by atoms with E-state index in [9.17, 15) is 4.79 Å². The number of thioether (sulfide) groups is 1. The van der Waals surface area contributed by atoms with Gasteiger partial charge in [0.05, 0.1) is 37.5 Å². The Morgan fingerprint density at radius 3 is 2.63 bits per heavy atom. The number of hydrogen-bond acceptors (Lipinski definition) is 6. The number of hydrogen-bond donors (Lipinski definition) is 0. The summed E-state index contributed by atoms with van der Waals surface area (Å²) in [6, 6.07) is 11.8. The number of amides is 1. The van der Waals surface area contributed by atoms with Crippen molar-refractivity contribution < 1.29 is 19.0 Å². The molecule has 0 unspecified atom stereocenters. The largest absolute Gasteiger partial charge is 0.493 e. The molecule has 0 aliphatic rings. The highest BCUT2D eigenvalue weighted by Crippen LogP contribution is 2.28. The zero-order valence-electron chi connectivity index (χ0n) is 17.6. The number of ether oxygens (including phenoxy) is 3. The van der Waals surface area contributed by atoms with Crippen LogP contribution in [0.3, 0.4) is 0 Å². The number of carbonyl (C=O) groups excluding carboxylic acids is 1. The quantitative estimate of drug-likeness (QED) is 0.365. The van der Waals surface area contributed by atoms with E-state index < -0.39 is 0 Å². The first-order valence-electron chi connectivity index (χ1n) is 9.63. The van der Waals surface area contributed by atoms with Crippen molar-refractivity contribution in [1.82, 2.24) is 4.57 Å². The van der Waals surface area contributed by atoms with Gasteiger partial charge in [0.15, 0.2) is 16.3 Å². The summed E-state index contributed by atoms with van der Waals surface area (Å²) in [6.07, 6.45) is 2.24. The lowest BCUT2D eigenvalue weighted by molar-refractivity contribution is -0.117. The van der Waals surface area contributed by atoms with Gasteiger partial charge in [-0.3, -0.25) is 4.79 Å². The maximum Gasteiger partial charge on any atom is 0.252 e. The molecule has 6 nitrogen and oxygen atoms in total. The molecule has 0 aliphatic carbocycles. The monoisotopic (exact) mass is 446 g/mol. The molecule has 1 aromatic heterocycles. The molecule has 0 radical (unpaired) electrons. The minimum Gasteiger partial charge on any atom is -0.493 e. The third-order valence-electron chi connectivity index (χ3n) is 4.58. The molecule has 0 bridgehead atoms. The van der Waals surface area contributed by atoms with Crippen molar-refractivity contribution in [2.45, 2.75) is 24.8 Å². The normalized spacial score (nSPS) is 11.8. The van der Waals surface area contributed by atoms with Crippen molar-refractivity contribution in [2.75, 3.05) is 33.7 Å². The van der Waals surface area contributed by atoms with Crippen molar-refractivity contribution in [3.8, 4) is 11.5 Å². The van der Waals surface area contributed by atoms with Gasteiger partial charge >= 0.3 is 0 Å². The number of carbonyl (C=O) groups is 1. The van der Waals surface area contributed by atoms with Crippen LogP contribution in [0.2, 0.25) is 0 Å². The van der Waals surface area contributed by atoms with Crippen LogP contribution in [0.1, 0.15) is 12.5 Å². The van der Waals surface area contributed by atoms with Crippen LogP contribution in [0.4, 0.5) is 0 Å². The zero-order valence-corrected chi connectivity index (χ0v) is 19.3. The molecule has 8 heteroatoms. The first-order valence-corrected chi connectivity index (χ1v) is 11.7. The summed E-state index contributed by atoms with van der Waals surface area (Å²) >= 11 is 3.22. The van der Waals surface area contributed by atoms with E-state index in [1.165, 1.54) is 16.2 Å². The third-order valence-corrected chi connectivity index (χ3v) is 6.34. The number of aromatic nitrogens is 1.